The lowest BCUT2D eigenvalue weighted by Gasteiger charge is -2.24. The number of amides is 1. The minimum atomic E-state index is -3.53. The summed E-state index contributed by atoms with van der Waals surface area (Å²) in [4.78, 5) is 12.1. The van der Waals surface area contributed by atoms with Crippen LogP contribution in [0.4, 0.5) is 5.69 Å². The molecule has 1 amide bonds. The third-order valence-electron chi connectivity index (χ3n) is 4.52. The summed E-state index contributed by atoms with van der Waals surface area (Å²) in [6.07, 6.45) is 1.71. The highest BCUT2D eigenvalue weighted by molar-refractivity contribution is 7.92. The fraction of sp³-hybridized carbons (Fsp3) is 0.409. The molecule has 0 saturated heterocycles. The number of hydrogen-bond acceptors (Lipinski definition) is 6. The topological polar surface area (TPSA) is 94.2 Å². The zero-order valence-electron chi connectivity index (χ0n) is 18.4. The molecular weight excluding hydrogens is 420 g/mol. The smallest absolute Gasteiger partial charge is 0.232 e. The molecule has 0 saturated carbocycles. The SMILES string of the molecule is COc1ccc(OCCNC(=O)CCCN(c2cc(C)ccc2OC)S(C)(=O)=O)cc1. The van der Waals surface area contributed by atoms with Gasteiger partial charge in [0.25, 0.3) is 0 Å². The Morgan fingerprint density at radius 1 is 1.03 bits per heavy atom. The molecule has 0 spiro atoms. The van der Waals surface area contributed by atoms with E-state index in [-0.39, 0.29) is 18.9 Å². The first-order valence-corrected chi connectivity index (χ1v) is 11.8. The Hall–Kier alpha value is -2.94. The van der Waals surface area contributed by atoms with Crippen molar-refractivity contribution < 1.29 is 27.4 Å². The number of aryl methyl sites for hydroxylation is 1. The highest BCUT2D eigenvalue weighted by Crippen LogP contribution is 2.31. The van der Waals surface area contributed by atoms with Crippen LogP contribution in [0.2, 0.25) is 0 Å². The molecule has 170 valence electrons. The Labute approximate surface area is 184 Å². The zero-order chi connectivity index (χ0) is 22.9. The molecule has 0 atom stereocenters. The van der Waals surface area contributed by atoms with Crippen LogP contribution in [0.15, 0.2) is 42.5 Å². The Balaban J connectivity index is 1.81. The maximum absolute atomic E-state index is 12.3. The summed E-state index contributed by atoms with van der Waals surface area (Å²) in [5.41, 5.74) is 1.39. The van der Waals surface area contributed by atoms with E-state index < -0.39 is 10.0 Å². The third-order valence-corrected chi connectivity index (χ3v) is 5.70. The second-order valence-corrected chi connectivity index (χ2v) is 8.89. The van der Waals surface area contributed by atoms with Gasteiger partial charge in [-0.05, 0) is 55.3 Å². The lowest BCUT2D eigenvalue weighted by molar-refractivity contribution is -0.121. The van der Waals surface area contributed by atoms with E-state index in [4.69, 9.17) is 14.2 Å². The van der Waals surface area contributed by atoms with Crippen LogP contribution >= 0.6 is 0 Å². The normalized spacial score (nSPS) is 11.0. The van der Waals surface area contributed by atoms with E-state index in [1.54, 1.807) is 43.5 Å². The lowest BCUT2D eigenvalue weighted by atomic mass is 10.2. The standard InChI is InChI=1S/C22H30N2O6S/c1-17-7-12-21(29-3)20(16-17)24(31(4,26)27)14-5-6-22(25)23-13-15-30-19-10-8-18(28-2)9-11-19/h7-12,16H,5-6,13-15H2,1-4H3,(H,23,25). The van der Waals surface area contributed by atoms with Crippen LogP contribution in [0, 0.1) is 6.92 Å². The molecule has 0 aliphatic rings. The number of nitrogens with one attached hydrogen (secondary N) is 1. The third kappa shape index (κ3) is 7.67. The van der Waals surface area contributed by atoms with Crippen LogP contribution in [0.1, 0.15) is 18.4 Å². The molecule has 0 aliphatic heterocycles. The predicted molar refractivity (Wildman–Crippen MR) is 121 cm³/mol. The quantitative estimate of drug-likeness (QED) is 0.500. The largest absolute Gasteiger partial charge is 0.497 e. The Bertz CT molecular complexity index is 960. The van der Waals surface area contributed by atoms with E-state index >= 15 is 0 Å². The van der Waals surface area contributed by atoms with Gasteiger partial charge in [-0.15, -0.1) is 0 Å². The average molecular weight is 451 g/mol. The molecule has 8 nitrogen and oxygen atoms in total. The number of sulfonamides is 1. The van der Waals surface area contributed by atoms with Crippen molar-refractivity contribution in [3.05, 3.63) is 48.0 Å². The number of nitrogens with zero attached hydrogens (tertiary/aromatic N) is 1. The summed E-state index contributed by atoms with van der Waals surface area (Å²) in [5, 5.41) is 2.78. The van der Waals surface area contributed by atoms with Crippen molar-refractivity contribution in [1.82, 2.24) is 5.32 Å². The van der Waals surface area contributed by atoms with E-state index in [2.05, 4.69) is 5.32 Å². The molecule has 0 bridgehead atoms. The first-order valence-electron chi connectivity index (χ1n) is 9.90. The van der Waals surface area contributed by atoms with Crippen LogP contribution in [0.5, 0.6) is 17.2 Å². The lowest BCUT2D eigenvalue weighted by Crippen LogP contribution is -2.33. The summed E-state index contributed by atoms with van der Waals surface area (Å²) >= 11 is 0. The van der Waals surface area contributed by atoms with Gasteiger partial charge in [0, 0.05) is 13.0 Å². The van der Waals surface area contributed by atoms with Crippen LogP contribution in [0.25, 0.3) is 0 Å². The molecule has 2 aromatic carbocycles. The van der Waals surface area contributed by atoms with E-state index in [0.717, 1.165) is 17.6 Å². The van der Waals surface area contributed by atoms with Gasteiger partial charge < -0.3 is 19.5 Å². The van der Waals surface area contributed by atoms with Crippen molar-refractivity contribution in [2.45, 2.75) is 19.8 Å². The van der Waals surface area contributed by atoms with E-state index in [9.17, 15) is 13.2 Å². The van der Waals surface area contributed by atoms with E-state index in [0.29, 0.717) is 36.8 Å². The Morgan fingerprint density at radius 2 is 1.71 bits per heavy atom. The first kappa shape index (κ1) is 24.3. The van der Waals surface area contributed by atoms with Crippen LogP contribution in [-0.2, 0) is 14.8 Å². The zero-order valence-corrected chi connectivity index (χ0v) is 19.2. The summed E-state index contributed by atoms with van der Waals surface area (Å²) < 4.78 is 41.9. The predicted octanol–water partition coefficient (Wildman–Crippen LogP) is 2.75. The number of methoxy groups -OCH3 is 2. The van der Waals surface area contributed by atoms with E-state index in [1.807, 2.05) is 13.0 Å². The molecule has 0 heterocycles. The highest BCUT2D eigenvalue weighted by atomic mass is 32.2. The Morgan fingerprint density at radius 3 is 2.32 bits per heavy atom. The number of benzene rings is 2. The van der Waals surface area contributed by atoms with Crippen molar-refractivity contribution in [3.8, 4) is 17.2 Å². The maximum Gasteiger partial charge on any atom is 0.232 e. The van der Waals surface area contributed by atoms with Gasteiger partial charge in [-0.2, -0.15) is 0 Å². The van der Waals surface area contributed by atoms with Gasteiger partial charge in [0.1, 0.15) is 23.9 Å². The molecule has 0 aromatic heterocycles. The van der Waals surface area contributed by atoms with Crippen molar-refractivity contribution in [2.75, 3.05) is 44.5 Å². The first-order chi connectivity index (χ1) is 14.7. The van der Waals surface area contributed by atoms with Crippen molar-refractivity contribution >= 4 is 21.6 Å². The minimum absolute atomic E-state index is 0.164. The van der Waals surface area contributed by atoms with Crippen LogP contribution < -0.4 is 23.8 Å². The molecule has 0 aliphatic carbocycles. The maximum atomic E-state index is 12.3. The number of hydrogen-bond donors (Lipinski definition) is 1. The molecule has 0 radical (unpaired) electrons. The molecule has 1 N–H and O–H groups in total. The highest BCUT2D eigenvalue weighted by Gasteiger charge is 2.21. The van der Waals surface area contributed by atoms with E-state index in [1.165, 1.54) is 11.4 Å². The average Bonchev–Trinajstić information content (AvgIpc) is 2.74. The summed E-state index contributed by atoms with van der Waals surface area (Å²) in [6, 6.07) is 12.5. The molecule has 0 unspecified atom stereocenters. The Kier molecular flexibility index (Phi) is 8.99. The number of ether oxygens (including phenoxy) is 3. The molecule has 2 aromatic rings. The molecule has 2 rings (SSSR count). The van der Waals surface area contributed by atoms with Crippen LogP contribution in [-0.4, -0.2) is 54.5 Å². The number of carbonyl (C=O) groups is 1. The summed E-state index contributed by atoms with van der Waals surface area (Å²) in [5.74, 6) is 1.73. The van der Waals surface area contributed by atoms with Gasteiger partial charge in [0.05, 0.1) is 32.7 Å². The number of carbonyl (C=O) groups excluding carboxylic acids is 1. The minimum Gasteiger partial charge on any atom is -0.497 e. The molecule has 31 heavy (non-hydrogen) atoms. The summed E-state index contributed by atoms with van der Waals surface area (Å²) in [7, 11) is -0.438. The van der Waals surface area contributed by atoms with Crippen molar-refractivity contribution in [2.24, 2.45) is 0 Å². The van der Waals surface area contributed by atoms with Crippen molar-refractivity contribution in [1.29, 1.82) is 0 Å². The molecular formula is C22H30N2O6S. The monoisotopic (exact) mass is 450 g/mol. The van der Waals surface area contributed by atoms with Crippen LogP contribution in [0.3, 0.4) is 0 Å². The van der Waals surface area contributed by atoms with Gasteiger partial charge >= 0.3 is 0 Å². The number of rotatable bonds is 12. The van der Waals surface area contributed by atoms with Gasteiger partial charge in [0.2, 0.25) is 15.9 Å². The fourth-order valence-corrected chi connectivity index (χ4v) is 3.92. The van der Waals surface area contributed by atoms with Gasteiger partial charge in [0.15, 0.2) is 0 Å². The molecule has 9 heteroatoms. The second kappa shape index (κ2) is 11.5. The fourth-order valence-electron chi connectivity index (χ4n) is 2.96. The molecule has 0 fully saturated rings. The van der Waals surface area contributed by atoms with Crippen molar-refractivity contribution in [3.63, 3.8) is 0 Å². The van der Waals surface area contributed by atoms with Gasteiger partial charge in [-0.3, -0.25) is 9.10 Å². The summed E-state index contributed by atoms with van der Waals surface area (Å²) in [6.45, 7) is 2.74. The van der Waals surface area contributed by atoms with Gasteiger partial charge in [-0.25, -0.2) is 8.42 Å². The number of anilines is 1. The second-order valence-electron chi connectivity index (χ2n) is 6.99. The van der Waals surface area contributed by atoms with Gasteiger partial charge in [-0.1, -0.05) is 6.07 Å².